The normalized spacial score (nSPS) is 26.6. The highest BCUT2D eigenvalue weighted by atomic mass is 19.1. The van der Waals surface area contributed by atoms with E-state index in [9.17, 15) is 4.39 Å². The number of ether oxygens (including phenoxy) is 1. The van der Waals surface area contributed by atoms with Crippen molar-refractivity contribution in [2.24, 2.45) is 5.41 Å². The zero-order valence-electron chi connectivity index (χ0n) is 14.5. The number of fused-ring (bicyclic) bond motifs is 1. The monoisotopic (exact) mass is 326 g/mol. The highest BCUT2D eigenvalue weighted by molar-refractivity contribution is 5.62. The summed E-state index contributed by atoms with van der Waals surface area (Å²) in [5.41, 5.74) is 3.58. The molecule has 4 rings (SSSR count). The van der Waals surface area contributed by atoms with E-state index in [1.807, 2.05) is 6.07 Å². The van der Waals surface area contributed by atoms with Gasteiger partial charge >= 0.3 is 0 Å². The van der Waals surface area contributed by atoms with Gasteiger partial charge in [0.1, 0.15) is 5.82 Å². The largest absolute Gasteiger partial charge is 0.384 e. The lowest BCUT2D eigenvalue weighted by Crippen LogP contribution is -2.36. The van der Waals surface area contributed by atoms with Crippen molar-refractivity contribution in [3.05, 3.63) is 47.4 Å². The van der Waals surface area contributed by atoms with Crippen LogP contribution in [-0.2, 0) is 10.2 Å². The average Bonchev–Trinajstić information content (AvgIpc) is 3.34. The van der Waals surface area contributed by atoms with Gasteiger partial charge in [0.2, 0.25) is 0 Å². The minimum atomic E-state index is -0.251. The lowest BCUT2D eigenvalue weighted by Gasteiger charge is -2.33. The molecule has 0 saturated heterocycles. The van der Waals surface area contributed by atoms with E-state index in [4.69, 9.17) is 4.74 Å². The summed E-state index contributed by atoms with van der Waals surface area (Å²) in [5.74, 6) is 0.201. The summed E-state index contributed by atoms with van der Waals surface area (Å²) >= 11 is 0. The van der Waals surface area contributed by atoms with Crippen LogP contribution in [0.5, 0.6) is 0 Å². The van der Waals surface area contributed by atoms with E-state index in [0.29, 0.717) is 23.8 Å². The van der Waals surface area contributed by atoms with Crippen LogP contribution in [0.25, 0.3) is 11.3 Å². The molecular formula is C20H23FN2O. The van der Waals surface area contributed by atoms with E-state index in [1.165, 1.54) is 24.5 Å². The highest BCUT2D eigenvalue weighted by Crippen LogP contribution is 2.72. The predicted molar refractivity (Wildman–Crippen MR) is 91.4 cm³/mol. The maximum atomic E-state index is 14.2. The Morgan fingerprint density at radius 3 is 2.62 bits per heavy atom. The molecule has 1 heterocycles. The van der Waals surface area contributed by atoms with Gasteiger partial charge in [-0.3, -0.25) is 0 Å². The van der Waals surface area contributed by atoms with Crippen LogP contribution in [0.4, 0.5) is 4.39 Å². The SMILES string of the molecule is CCC1c2cc(-c3ccccc3F)nnc2C(C)(COC)C12CC2. The number of benzene rings is 1. The van der Waals surface area contributed by atoms with Gasteiger partial charge in [-0.25, -0.2) is 4.39 Å². The Hall–Kier alpha value is -1.81. The summed E-state index contributed by atoms with van der Waals surface area (Å²) in [5, 5.41) is 8.96. The molecule has 2 unspecified atom stereocenters. The van der Waals surface area contributed by atoms with Gasteiger partial charge in [0.05, 0.1) is 18.0 Å². The van der Waals surface area contributed by atoms with Crippen molar-refractivity contribution in [2.45, 2.75) is 44.4 Å². The van der Waals surface area contributed by atoms with E-state index >= 15 is 0 Å². The van der Waals surface area contributed by atoms with Crippen LogP contribution in [0.2, 0.25) is 0 Å². The van der Waals surface area contributed by atoms with Crippen molar-refractivity contribution in [1.82, 2.24) is 10.2 Å². The van der Waals surface area contributed by atoms with Gasteiger partial charge < -0.3 is 4.74 Å². The molecule has 0 aliphatic heterocycles. The van der Waals surface area contributed by atoms with Gasteiger partial charge in [-0.15, -0.1) is 0 Å². The summed E-state index contributed by atoms with van der Waals surface area (Å²) in [4.78, 5) is 0. The molecule has 2 aliphatic carbocycles. The Labute approximate surface area is 142 Å². The summed E-state index contributed by atoms with van der Waals surface area (Å²) in [6.45, 7) is 5.15. The molecule has 4 heteroatoms. The minimum absolute atomic E-state index is 0.0987. The van der Waals surface area contributed by atoms with Crippen LogP contribution < -0.4 is 0 Å². The van der Waals surface area contributed by atoms with Crippen LogP contribution in [0.1, 0.15) is 50.3 Å². The fourth-order valence-electron chi connectivity index (χ4n) is 4.97. The molecule has 2 aliphatic rings. The number of rotatable bonds is 4. The second-order valence-electron chi connectivity index (χ2n) is 7.40. The van der Waals surface area contributed by atoms with Crippen LogP contribution in [0.3, 0.4) is 0 Å². The fourth-order valence-corrected chi connectivity index (χ4v) is 4.97. The van der Waals surface area contributed by atoms with Gasteiger partial charge in [0.15, 0.2) is 0 Å². The van der Waals surface area contributed by atoms with Crippen molar-refractivity contribution in [2.75, 3.05) is 13.7 Å². The lowest BCUT2D eigenvalue weighted by molar-refractivity contribution is 0.0884. The Kier molecular flexibility index (Phi) is 3.50. The molecule has 1 spiro atoms. The van der Waals surface area contributed by atoms with Gasteiger partial charge in [0, 0.05) is 18.1 Å². The maximum absolute atomic E-state index is 14.2. The first-order chi connectivity index (χ1) is 11.6. The van der Waals surface area contributed by atoms with E-state index < -0.39 is 0 Å². The third kappa shape index (κ3) is 1.92. The first-order valence-corrected chi connectivity index (χ1v) is 8.69. The molecule has 0 amide bonds. The lowest BCUT2D eigenvalue weighted by atomic mass is 9.72. The number of halogens is 1. The highest BCUT2D eigenvalue weighted by Gasteiger charge is 2.67. The van der Waals surface area contributed by atoms with Crippen LogP contribution >= 0.6 is 0 Å². The van der Waals surface area contributed by atoms with Crippen LogP contribution in [-0.4, -0.2) is 23.9 Å². The van der Waals surface area contributed by atoms with Gasteiger partial charge in [-0.2, -0.15) is 10.2 Å². The Morgan fingerprint density at radius 1 is 1.25 bits per heavy atom. The number of hydrogen-bond donors (Lipinski definition) is 0. The second-order valence-corrected chi connectivity index (χ2v) is 7.40. The zero-order valence-corrected chi connectivity index (χ0v) is 14.5. The van der Waals surface area contributed by atoms with Crippen molar-refractivity contribution >= 4 is 0 Å². The molecule has 1 fully saturated rings. The van der Waals surface area contributed by atoms with Crippen LogP contribution in [0, 0.1) is 11.2 Å². The quantitative estimate of drug-likeness (QED) is 0.831. The summed E-state index contributed by atoms with van der Waals surface area (Å²) < 4.78 is 19.7. The van der Waals surface area contributed by atoms with E-state index in [0.717, 1.165) is 12.1 Å². The Morgan fingerprint density at radius 2 is 2.00 bits per heavy atom. The summed E-state index contributed by atoms with van der Waals surface area (Å²) in [7, 11) is 1.75. The standard InChI is InChI=1S/C20H23FN2O/c1-4-15-14-11-17(13-7-5-6-8-16(13)21)22-23-18(14)19(2,12-24-3)20(15)9-10-20/h5-8,11,15H,4,9-10,12H2,1-3H3. The van der Waals surface area contributed by atoms with Crippen molar-refractivity contribution in [1.29, 1.82) is 0 Å². The molecule has 24 heavy (non-hydrogen) atoms. The first kappa shape index (κ1) is 15.7. The topological polar surface area (TPSA) is 35.0 Å². The van der Waals surface area contributed by atoms with Gasteiger partial charge in [-0.05, 0) is 54.4 Å². The third-order valence-electron chi connectivity index (χ3n) is 6.27. The Balaban J connectivity index is 1.87. The Bertz CT molecular complexity index is 787. The molecule has 1 aromatic carbocycles. The van der Waals surface area contributed by atoms with Gasteiger partial charge in [0.25, 0.3) is 0 Å². The summed E-state index contributed by atoms with van der Waals surface area (Å²) in [6.07, 6.45) is 3.47. The number of aromatic nitrogens is 2. The van der Waals surface area contributed by atoms with E-state index in [-0.39, 0.29) is 16.6 Å². The maximum Gasteiger partial charge on any atom is 0.132 e. The number of nitrogens with zero attached hydrogens (tertiary/aromatic N) is 2. The van der Waals surface area contributed by atoms with E-state index in [1.54, 1.807) is 19.2 Å². The average molecular weight is 326 g/mol. The number of methoxy groups -OCH3 is 1. The van der Waals surface area contributed by atoms with Crippen molar-refractivity contribution in [3.8, 4) is 11.3 Å². The van der Waals surface area contributed by atoms with Crippen LogP contribution in [0.15, 0.2) is 30.3 Å². The van der Waals surface area contributed by atoms with E-state index in [2.05, 4.69) is 30.1 Å². The third-order valence-corrected chi connectivity index (χ3v) is 6.27. The smallest absolute Gasteiger partial charge is 0.132 e. The minimum Gasteiger partial charge on any atom is -0.384 e. The zero-order chi connectivity index (χ0) is 16.9. The first-order valence-electron chi connectivity index (χ1n) is 8.69. The van der Waals surface area contributed by atoms with Gasteiger partial charge in [-0.1, -0.05) is 26.0 Å². The summed E-state index contributed by atoms with van der Waals surface area (Å²) in [6, 6.07) is 8.84. The second kappa shape index (κ2) is 5.35. The number of hydrogen-bond acceptors (Lipinski definition) is 3. The van der Waals surface area contributed by atoms with Crippen molar-refractivity contribution in [3.63, 3.8) is 0 Å². The molecule has 0 bridgehead atoms. The molecule has 2 atom stereocenters. The molecule has 1 aromatic heterocycles. The molecule has 2 aromatic rings. The molecule has 3 nitrogen and oxygen atoms in total. The fraction of sp³-hybridized carbons (Fsp3) is 0.500. The predicted octanol–water partition coefficient (Wildman–Crippen LogP) is 4.47. The molecule has 0 N–H and O–H groups in total. The molecule has 126 valence electrons. The molecular weight excluding hydrogens is 303 g/mol. The molecule has 0 radical (unpaired) electrons. The molecule has 1 saturated carbocycles. The van der Waals surface area contributed by atoms with Crippen molar-refractivity contribution < 1.29 is 9.13 Å².